The molecule has 0 aliphatic carbocycles. The third-order valence-corrected chi connectivity index (χ3v) is 2.95. The standard InChI is InChI=1S/C13H15N5O3/c1-8-4-15-10(6-14-8)11(19)17-9-5-16-18(7-9)13(2,3)12(20)21/h4-7H,1-3H3,(H,17,19)(H,20,21). The molecule has 110 valence electrons. The predicted molar refractivity (Wildman–Crippen MR) is 73.9 cm³/mol. The third-order valence-electron chi connectivity index (χ3n) is 2.95. The molecule has 2 heterocycles. The van der Waals surface area contributed by atoms with Gasteiger partial charge in [-0.1, -0.05) is 0 Å². The Hall–Kier alpha value is -2.77. The van der Waals surface area contributed by atoms with Gasteiger partial charge in [0.2, 0.25) is 0 Å². The smallest absolute Gasteiger partial charge is 0.331 e. The SMILES string of the molecule is Cc1cnc(C(=O)Nc2cnn(C(C)(C)C(=O)O)c2)cn1. The zero-order valence-corrected chi connectivity index (χ0v) is 11.9. The van der Waals surface area contributed by atoms with Crippen molar-refractivity contribution in [3.63, 3.8) is 0 Å². The summed E-state index contributed by atoms with van der Waals surface area (Å²) in [5.41, 5.74) is 0.0669. The number of carboxylic acid groups (broad SMARTS) is 1. The zero-order valence-electron chi connectivity index (χ0n) is 11.9. The maximum Gasteiger partial charge on any atom is 0.331 e. The van der Waals surface area contributed by atoms with Gasteiger partial charge in [0.15, 0.2) is 5.54 Å². The molecular weight excluding hydrogens is 274 g/mol. The summed E-state index contributed by atoms with van der Waals surface area (Å²) in [5.74, 6) is -1.46. The van der Waals surface area contributed by atoms with Gasteiger partial charge < -0.3 is 10.4 Å². The normalized spacial score (nSPS) is 11.2. The average molecular weight is 289 g/mol. The fraction of sp³-hybridized carbons (Fsp3) is 0.308. The lowest BCUT2D eigenvalue weighted by atomic mass is 10.1. The Morgan fingerprint density at radius 3 is 2.52 bits per heavy atom. The van der Waals surface area contributed by atoms with Crippen molar-refractivity contribution in [3.05, 3.63) is 36.2 Å². The van der Waals surface area contributed by atoms with Crippen LogP contribution in [0.5, 0.6) is 0 Å². The number of anilines is 1. The van der Waals surface area contributed by atoms with Crippen LogP contribution in [0.4, 0.5) is 5.69 Å². The van der Waals surface area contributed by atoms with Crippen LogP contribution >= 0.6 is 0 Å². The van der Waals surface area contributed by atoms with Crippen molar-refractivity contribution in [2.24, 2.45) is 0 Å². The van der Waals surface area contributed by atoms with Crippen molar-refractivity contribution in [1.82, 2.24) is 19.7 Å². The van der Waals surface area contributed by atoms with Gasteiger partial charge in [0, 0.05) is 12.4 Å². The molecule has 1 amide bonds. The second-order valence-electron chi connectivity index (χ2n) is 5.03. The van der Waals surface area contributed by atoms with Crippen molar-refractivity contribution >= 4 is 17.6 Å². The van der Waals surface area contributed by atoms with Crippen LogP contribution in [0.2, 0.25) is 0 Å². The van der Waals surface area contributed by atoms with Crippen LogP contribution in [0, 0.1) is 6.92 Å². The van der Waals surface area contributed by atoms with Gasteiger partial charge in [0.05, 0.1) is 23.8 Å². The Balaban J connectivity index is 2.14. The molecule has 8 nitrogen and oxygen atoms in total. The number of aromatic nitrogens is 4. The number of hydrogen-bond acceptors (Lipinski definition) is 5. The summed E-state index contributed by atoms with van der Waals surface area (Å²) < 4.78 is 1.27. The van der Waals surface area contributed by atoms with Crippen molar-refractivity contribution < 1.29 is 14.7 Å². The molecule has 0 bridgehead atoms. The molecule has 0 aliphatic rings. The number of carboxylic acids is 1. The number of rotatable bonds is 4. The van der Waals surface area contributed by atoms with Crippen molar-refractivity contribution in [2.45, 2.75) is 26.3 Å². The van der Waals surface area contributed by atoms with E-state index in [1.54, 1.807) is 6.92 Å². The first-order valence-corrected chi connectivity index (χ1v) is 6.19. The highest BCUT2D eigenvalue weighted by Gasteiger charge is 2.30. The van der Waals surface area contributed by atoms with E-state index in [0.717, 1.165) is 0 Å². The van der Waals surface area contributed by atoms with Crippen LogP contribution in [0.15, 0.2) is 24.8 Å². The molecule has 0 spiro atoms. The zero-order chi connectivity index (χ0) is 15.6. The van der Waals surface area contributed by atoms with Crippen molar-refractivity contribution in [2.75, 3.05) is 5.32 Å². The number of aliphatic carboxylic acids is 1. The van der Waals surface area contributed by atoms with Crippen LogP contribution in [0.25, 0.3) is 0 Å². The Morgan fingerprint density at radius 1 is 1.24 bits per heavy atom. The maximum absolute atomic E-state index is 12.0. The lowest BCUT2D eigenvalue weighted by Gasteiger charge is -2.19. The second-order valence-corrected chi connectivity index (χ2v) is 5.03. The summed E-state index contributed by atoms with van der Waals surface area (Å²) >= 11 is 0. The van der Waals surface area contributed by atoms with Gasteiger partial charge in [0.25, 0.3) is 5.91 Å². The fourth-order valence-corrected chi connectivity index (χ4v) is 1.50. The second kappa shape index (κ2) is 5.31. The number of hydrogen-bond donors (Lipinski definition) is 2. The number of carbonyl (C=O) groups is 2. The van der Waals surface area contributed by atoms with Gasteiger partial charge in [-0.3, -0.25) is 14.5 Å². The van der Waals surface area contributed by atoms with Crippen LogP contribution in [-0.2, 0) is 10.3 Å². The molecule has 0 fully saturated rings. The van der Waals surface area contributed by atoms with E-state index in [4.69, 9.17) is 5.11 Å². The van der Waals surface area contributed by atoms with Gasteiger partial charge in [0.1, 0.15) is 5.69 Å². The predicted octanol–water partition coefficient (Wildman–Crippen LogP) is 1.05. The van der Waals surface area contributed by atoms with E-state index in [1.165, 1.54) is 43.3 Å². The monoisotopic (exact) mass is 289 g/mol. The number of amides is 1. The highest BCUT2D eigenvalue weighted by Crippen LogP contribution is 2.17. The number of carbonyl (C=O) groups excluding carboxylic acids is 1. The number of aryl methyl sites for hydroxylation is 1. The van der Waals surface area contributed by atoms with Gasteiger partial charge in [-0.2, -0.15) is 5.10 Å². The van der Waals surface area contributed by atoms with Crippen molar-refractivity contribution in [1.29, 1.82) is 0 Å². The lowest BCUT2D eigenvalue weighted by Crippen LogP contribution is -2.35. The molecule has 0 atom stereocenters. The molecule has 2 rings (SSSR count). The van der Waals surface area contributed by atoms with E-state index in [0.29, 0.717) is 11.4 Å². The Bertz CT molecular complexity index is 675. The maximum atomic E-state index is 12.0. The van der Waals surface area contributed by atoms with E-state index in [1.807, 2.05) is 0 Å². The molecule has 8 heteroatoms. The highest BCUT2D eigenvalue weighted by atomic mass is 16.4. The van der Waals surface area contributed by atoms with Gasteiger partial charge in [-0.15, -0.1) is 0 Å². The van der Waals surface area contributed by atoms with E-state index >= 15 is 0 Å². The molecule has 0 radical (unpaired) electrons. The molecule has 0 saturated heterocycles. The Labute approximate surface area is 120 Å². The Morgan fingerprint density at radius 2 is 1.95 bits per heavy atom. The van der Waals surface area contributed by atoms with Gasteiger partial charge in [-0.05, 0) is 20.8 Å². The third kappa shape index (κ3) is 3.04. The summed E-state index contributed by atoms with van der Waals surface area (Å²) in [5, 5.41) is 15.7. The van der Waals surface area contributed by atoms with Crippen LogP contribution < -0.4 is 5.32 Å². The summed E-state index contributed by atoms with van der Waals surface area (Å²) in [6, 6.07) is 0. The summed E-state index contributed by atoms with van der Waals surface area (Å²) in [6.45, 7) is 4.80. The summed E-state index contributed by atoms with van der Waals surface area (Å²) in [6.07, 6.45) is 5.69. The molecule has 0 saturated carbocycles. The molecule has 2 aromatic heterocycles. The van der Waals surface area contributed by atoms with Crippen LogP contribution in [0.1, 0.15) is 30.0 Å². The number of nitrogens with zero attached hydrogens (tertiary/aromatic N) is 4. The van der Waals surface area contributed by atoms with Crippen LogP contribution in [-0.4, -0.2) is 36.7 Å². The minimum Gasteiger partial charge on any atom is -0.479 e. The molecule has 2 aromatic rings. The summed E-state index contributed by atoms with van der Waals surface area (Å²) in [4.78, 5) is 31.0. The van der Waals surface area contributed by atoms with Gasteiger partial charge in [-0.25, -0.2) is 9.78 Å². The van der Waals surface area contributed by atoms with E-state index in [-0.39, 0.29) is 5.69 Å². The van der Waals surface area contributed by atoms with Crippen LogP contribution in [0.3, 0.4) is 0 Å². The van der Waals surface area contributed by atoms with E-state index in [9.17, 15) is 9.59 Å². The molecule has 2 N–H and O–H groups in total. The number of nitrogens with one attached hydrogen (secondary N) is 1. The first-order valence-electron chi connectivity index (χ1n) is 6.19. The molecule has 0 unspecified atom stereocenters. The first-order chi connectivity index (χ1) is 9.80. The lowest BCUT2D eigenvalue weighted by molar-refractivity contribution is -0.146. The fourth-order valence-electron chi connectivity index (χ4n) is 1.50. The van der Waals surface area contributed by atoms with Gasteiger partial charge >= 0.3 is 5.97 Å². The first kappa shape index (κ1) is 14.6. The minimum absolute atomic E-state index is 0.172. The minimum atomic E-state index is -1.20. The largest absolute Gasteiger partial charge is 0.479 e. The highest BCUT2D eigenvalue weighted by molar-refractivity contribution is 6.02. The van der Waals surface area contributed by atoms with Crippen molar-refractivity contribution in [3.8, 4) is 0 Å². The quantitative estimate of drug-likeness (QED) is 0.870. The molecular formula is C13H15N5O3. The molecule has 0 aliphatic heterocycles. The summed E-state index contributed by atoms with van der Waals surface area (Å²) in [7, 11) is 0. The topological polar surface area (TPSA) is 110 Å². The average Bonchev–Trinajstić information content (AvgIpc) is 2.88. The van der Waals surface area contributed by atoms with E-state index < -0.39 is 17.4 Å². The Kier molecular flexibility index (Phi) is 3.70. The molecule has 21 heavy (non-hydrogen) atoms. The molecule has 0 aromatic carbocycles. The van der Waals surface area contributed by atoms with E-state index in [2.05, 4.69) is 20.4 Å².